The smallest absolute Gasteiger partial charge is 0.264 e. The number of aryl methyl sites for hydroxylation is 2. The lowest BCUT2D eigenvalue weighted by Crippen LogP contribution is -2.28. The Labute approximate surface area is 270 Å². The second kappa shape index (κ2) is 12.6. The van der Waals surface area contributed by atoms with Crippen LogP contribution in [0.3, 0.4) is 0 Å². The summed E-state index contributed by atoms with van der Waals surface area (Å²) in [4.78, 5) is 17.9. The number of ether oxygens (including phenoxy) is 2. The molecule has 0 saturated heterocycles. The molecule has 2 aliphatic rings. The van der Waals surface area contributed by atoms with Gasteiger partial charge in [0.05, 0.1) is 30.0 Å². The van der Waals surface area contributed by atoms with Crippen LogP contribution in [0, 0.1) is 31.0 Å². The van der Waals surface area contributed by atoms with Crippen molar-refractivity contribution in [2.75, 3.05) is 11.3 Å². The summed E-state index contributed by atoms with van der Waals surface area (Å²) in [6, 6.07) is 12.4. The van der Waals surface area contributed by atoms with E-state index in [1.54, 1.807) is 24.5 Å². The molecule has 1 unspecified atom stereocenters. The first-order chi connectivity index (χ1) is 21.9. The molecule has 2 aromatic heterocycles. The minimum Gasteiger partial charge on any atom is -0.487 e. The quantitative estimate of drug-likeness (QED) is 0.234. The van der Waals surface area contributed by atoms with Gasteiger partial charge in [-0.05, 0) is 79.7 Å². The Hall–Kier alpha value is -4.12. The summed E-state index contributed by atoms with van der Waals surface area (Å²) >= 11 is 0. The van der Waals surface area contributed by atoms with E-state index in [1.165, 1.54) is 12.5 Å². The highest BCUT2D eigenvalue weighted by Gasteiger charge is 2.33. The summed E-state index contributed by atoms with van der Waals surface area (Å²) in [7, 11) is -4.14. The monoisotopic (exact) mass is 645 g/mol. The van der Waals surface area contributed by atoms with Crippen molar-refractivity contribution in [2.24, 2.45) is 11.3 Å². The normalized spacial score (nSPS) is 19.5. The van der Waals surface area contributed by atoms with E-state index in [1.807, 2.05) is 38.1 Å². The minimum atomic E-state index is -4.14. The molecule has 242 valence electrons. The third-order valence-electron chi connectivity index (χ3n) is 8.68. The molecule has 1 aliphatic carbocycles. The molecule has 1 N–H and O–H groups in total. The van der Waals surface area contributed by atoms with Crippen LogP contribution in [-0.2, 0) is 16.4 Å². The van der Waals surface area contributed by atoms with Gasteiger partial charge in [0, 0.05) is 17.9 Å². The molecule has 2 aromatic carbocycles. The van der Waals surface area contributed by atoms with E-state index in [0.29, 0.717) is 30.0 Å². The van der Waals surface area contributed by atoms with E-state index < -0.39 is 15.8 Å². The van der Waals surface area contributed by atoms with Gasteiger partial charge in [0.2, 0.25) is 11.8 Å². The van der Waals surface area contributed by atoms with Crippen LogP contribution in [0.2, 0.25) is 0 Å². The fourth-order valence-corrected chi connectivity index (χ4v) is 7.24. The van der Waals surface area contributed by atoms with Crippen LogP contribution in [0.15, 0.2) is 59.8 Å². The molecule has 0 spiro atoms. The number of anilines is 1. The summed E-state index contributed by atoms with van der Waals surface area (Å²) in [6.07, 6.45) is 7.95. The fourth-order valence-electron chi connectivity index (χ4n) is 6.25. The molecule has 2 atom stereocenters. The van der Waals surface area contributed by atoms with E-state index >= 15 is 4.39 Å². The maximum absolute atomic E-state index is 16.3. The number of halogens is 1. The Kier molecular flexibility index (Phi) is 8.71. The van der Waals surface area contributed by atoms with Gasteiger partial charge in [-0.15, -0.1) is 0 Å². The largest absolute Gasteiger partial charge is 0.487 e. The number of hydrogen-bond acceptors (Lipinski definition) is 8. The Morgan fingerprint density at radius 3 is 2.37 bits per heavy atom. The van der Waals surface area contributed by atoms with Crippen LogP contribution in [0.5, 0.6) is 11.6 Å². The average Bonchev–Trinajstić information content (AvgIpc) is 2.97. The summed E-state index contributed by atoms with van der Waals surface area (Å²) in [5, 5.41) is 0. The summed E-state index contributed by atoms with van der Waals surface area (Å²) < 4.78 is 58.3. The Morgan fingerprint density at radius 1 is 1.02 bits per heavy atom. The van der Waals surface area contributed by atoms with Crippen LogP contribution in [0.25, 0.3) is 11.3 Å². The molecule has 1 saturated carbocycles. The van der Waals surface area contributed by atoms with E-state index in [4.69, 9.17) is 9.47 Å². The average molecular weight is 646 g/mol. The van der Waals surface area contributed by atoms with Gasteiger partial charge in [-0.1, -0.05) is 51.1 Å². The van der Waals surface area contributed by atoms with Gasteiger partial charge in [0.1, 0.15) is 11.5 Å². The number of rotatable bonds is 6. The third-order valence-corrected chi connectivity index (χ3v) is 10.0. The maximum Gasteiger partial charge on any atom is 0.264 e. The number of nitrogens with one attached hydrogen (secondary N) is 1. The molecule has 1 aliphatic heterocycles. The van der Waals surface area contributed by atoms with Crippen molar-refractivity contribution in [1.29, 1.82) is 0 Å². The topological polar surface area (TPSA) is 116 Å². The number of sulfonamides is 1. The number of benzene rings is 2. The zero-order valence-electron chi connectivity index (χ0n) is 26.9. The van der Waals surface area contributed by atoms with Gasteiger partial charge in [-0.25, -0.2) is 28.1 Å². The van der Waals surface area contributed by atoms with Crippen LogP contribution in [-0.4, -0.2) is 41.1 Å². The first-order valence-electron chi connectivity index (χ1n) is 15.7. The van der Waals surface area contributed by atoms with Crippen LogP contribution >= 0.6 is 0 Å². The predicted molar refractivity (Wildman–Crippen MR) is 174 cm³/mol. The molecule has 0 radical (unpaired) electrons. The van der Waals surface area contributed by atoms with Crippen molar-refractivity contribution >= 4 is 16.0 Å². The van der Waals surface area contributed by atoms with Gasteiger partial charge >= 0.3 is 0 Å². The lowest BCUT2D eigenvalue weighted by Gasteiger charge is -2.33. The van der Waals surface area contributed by atoms with Crippen molar-refractivity contribution in [3.05, 3.63) is 83.2 Å². The molecule has 46 heavy (non-hydrogen) atoms. The highest BCUT2D eigenvalue weighted by Crippen LogP contribution is 2.39. The summed E-state index contributed by atoms with van der Waals surface area (Å²) in [5.74, 6) is -0.516. The van der Waals surface area contributed by atoms with Gasteiger partial charge < -0.3 is 9.47 Å². The molecule has 4 aromatic rings. The lowest BCUT2D eigenvalue weighted by molar-refractivity contribution is 0.119. The predicted octanol–water partition coefficient (Wildman–Crippen LogP) is 7.19. The number of hydrogen-bond donors (Lipinski definition) is 1. The molecular formula is C35H40FN5O4S. The van der Waals surface area contributed by atoms with Gasteiger partial charge in [-0.3, -0.25) is 0 Å². The molecule has 1 fully saturated rings. The summed E-state index contributed by atoms with van der Waals surface area (Å²) in [6.45, 7) is 10.2. The molecule has 3 heterocycles. The van der Waals surface area contributed by atoms with Gasteiger partial charge in [0.25, 0.3) is 15.9 Å². The lowest BCUT2D eigenvalue weighted by atomic mass is 9.75. The highest BCUT2D eigenvalue weighted by molar-refractivity contribution is 7.92. The number of fused-ring (bicyclic) bond motifs is 4. The first kappa shape index (κ1) is 31.8. The molecule has 6 rings (SSSR count). The van der Waals surface area contributed by atoms with Crippen LogP contribution in [0.1, 0.15) is 74.9 Å². The maximum atomic E-state index is 16.3. The van der Waals surface area contributed by atoms with Gasteiger partial charge in [-0.2, -0.15) is 9.37 Å². The van der Waals surface area contributed by atoms with Gasteiger partial charge in [0.15, 0.2) is 5.75 Å². The molecule has 11 heteroatoms. The van der Waals surface area contributed by atoms with Crippen LogP contribution in [0.4, 0.5) is 10.3 Å². The third kappa shape index (κ3) is 6.99. The highest BCUT2D eigenvalue weighted by atomic mass is 32.2. The van der Waals surface area contributed by atoms with E-state index in [2.05, 4.69) is 45.4 Å². The van der Waals surface area contributed by atoms with E-state index in [9.17, 15) is 8.42 Å². The zero-order chi connectivity index (χ0) is 32.6. The van der Waals surface area contributed by atoms with Crippen molar-refractivity contribution in [3.63, 3.8) is 0 Å². The van der Waals surface area contributed by atoms with E-state index in [-0.39, 0.29) is 52.4 Å². The van der Waals surface area contributed by atoms with Crippen molar-refractivity contribution in [2.45, 2.75) is 83.6 Å². The Bertz CT molecular complexity index is 1820. The second-order valence-electron chi connectivity index (χ2n) is 13.6. The van der Waals surface area contributed by atoms with E-state index in [0.717, 1.165) is 29.5 Å². The molecule has 9 nitrogen and oxygen atoms in total. The molecular weight excluding hydrogens is 605 g/mol. The molecule has 4 bridgehead atoms. The van der Waals surface area contributed by atoms with Crippen molar-refractivity contribution in [1.82, 2.24) is 19.9 Å². The second-order valence-corrected chi connectivity index (χ2v) is 15.3. The Balaban J connectivity index is 1.44. The number of nitrogens with zero attached hydrogens (tertiary/aromatic N) is 4. The minimum absolute atomic E-state index is 0.0226. The van der Waals surface area contributed by atoms with Crippen molar-refractivity contribution in [3.8, 4) is 22.9 Å². The first-order valence-corrected chi connectivity index (χ1v) is 17.2. The zero-order valence-corrected chi connectivity index (χ0v) is 27.7. The SMILES string of the molecule is Cc1cccc(C)c1-c1nc2nc(c1F)OC[C@@H](CC(C)(C)C)C(Cc1ncc(OC3CCC3)cn1)c1cccc(c1)S(=O)(=O)N2. The fraction of sp³-hybridized carbons (Fsp3) is 0.429. The standard InChI is InChI=1S/C35H40FN5O4S/c1-21-9-6-10-22(2)30(21)32-31(36)33-40-34(39-32)41-46(42,43)27-14-7-11-23(15-27)28(24(20-44-33)17-35(3,4)5)16-29-37-18-26(19-38-29)45-25-12-8-13-25/h6-7,9-11,14-15,18-19,24-25,28H,8,12-13,16-17,20H2,1-5H3,(H,39,40,41)/t24-,28?/m1/s1. The summed E-state index contributed by atoms with van der Waals surface area (Å²) in [5.41, 5.74) is 2.79. The van der Waals surface area contributed by atoms with Crippen LogP contribution < -0.4 is 14.2 Å². The Morgan fingerprint density at radius 2 is 1.72 bits per heavy atom. The molecule has 0 amide bonds. The van der Waals surface area contributed by atoms with Crippen molar-refractivity contribution < 1.29 is 22.3 Å². The number of aromatic nitrogens is 4.